The summed E-state index contributed by atoms with van der Waals surface area (Å²) in [5.74, 6) is 0.555. The van der Waals surface area contributed by atoms with Gasteiger partial charge in [-0.15, -0.1) is 0 Å². The molecule has 0 radical (unpaired) electrons. The van der Waals surface area contributed by atoms with Crippen LogP contribution in [-0.2, 0) is 23.2 Å². The molecule has 3 atom stereocenters. The second-order valence-corrected chi connectivity index (χ2v) is 8.95. The normalized spacial score (nSPS) is 32.7. The molecule has 2 aromatic carbocycles. The standard InChI is InChI=1S/C24H29N3O2/c28-15-19-8-6-18(7-9-19)12-22(29)25-23-20-13-26-10-11-27(14-20)17-24(23,16-26)21-4-2-1-3-5-21/h1-9,20,23,28H,10-17H2,(H,25,29). The summed E-state index contributed by atoms with van der Waals surface area (Å²) < 4.78 is 0. The van der Waals surface area contributed by atoms with Crippen LogP contribution in [0.1, 0.15) is 16.7 Å². The highest BCUT2D eigenvalue weighted by Crippen LogP contribution is 2.43. The molecular weight excluding hydrogens is 362 g/mol. The van der Waals surface area contributed by atoms with E-state index in [1.807, 2.05) is 24.3 Å². The maximum Gasteiger partial charge on any atom is 0.224 e. The highest BCUT2D eigenvalue weighted by Gasteiger charge is 2.55. The lowest BCUT2D eigenvalue weighted by atomic mass is 9.64. The SMILES string of the molecule is O=C(Cc1ccc(CO)cc1)NC1C2CN3CCN(C2)CC1(c1ccccc1)C3. The largest absolute Gasteiger partial charge is 0.392 e. The summed E-state index contributed by atoms with van der Waals surface area (Å²) in [4.78, 5) is 18.2. The van der Waals surface area contributed by atoms with E-state index in [9.17, 15) is 9.90 Å². The van der Waals surface area contributed by atoms with Gasteiger partial charge in [-0.3, -0.25) is 4.79 Å². The van der Waals surface area contributed by atoms with E-state index in [0.29, 0.717) is 12.3 Å². The quantitative estimate of drug-likeness (QED) is 0.809. The van der Waals surface area contributed by atoms with Gasteiger partial charge in [0.2, 0.25) is 5.91 Å². The number of carbonyl (C=O) groups excluding carboxylic acids is 1. The van der Waals surface area contributed by atoms with Crippen LogP contribution < -0.4 is 5.32 Å². The second kappa shape index (κ2) is 7.56. The number of fused-ring (bicyclic) bond motifs is 1. The number of aliphatic hydroxyl groups excluding tert-OH is 1. The molecule has 0 aromatic heterocycles. The molecule has 5 nitrogen and oxygen atoms in total. The third-order valence-corrected chi connectivity index (χ3v) is 7.03. The van der Waals surface area contributed by atoms with Crippen LogP contribution in [0, 0.1) is 5.92 Å². The van der Waals surface area contributed by atoms with Crippen molar-refractivity contribution in [2.75, 3.05) is 39.3 Å². The Bertz CT molecular complexity index is 851. The van der Waals surface area contributed by atoms with Gasteiger partial charge in [0, 0.05) is 56.6 Å². The molecule has 4 aliphatic heterocycles. The predicted molar refractivity (Wildman–Crippen MR) is 112 cm³/mol. The van der Waals surface area contributed by atoms with E-state index < -0.39 is 0 Å². The molecule has 4 saturated heterocycles. The van der Waals surface area contributed by atoms with E-state index in [2.05, 4.69) is 45.4 Å². The molecule has 4 fully saturated rings. The van der Waals surface area contributed by atoms with Crippen molar-refractivity contribution in [2.45, 2.75) is 24.5 Å². The fourth-order valence-corrected chi connectivity index (χ4v) is 5.74. The molecule has 152 valence electrons. The van der Waals surface area contributed by atoms with Gasteiger partial charge in [0.15, 0.2) is 0 Å². The zero-order valence-corrected chi connectivity index (χ0v) is 16.8. The first-order valence-corrected chi connectivity index (χ1v) is 10.6. The van der Waals surface area contributed by atoms with Crippen LogP contribution in [0.2, 0.25) is 0 Å². The summed E-state index contributed by atoms with van der Waals surface area (Å²) in [6.45, 7) is 6.46. The molecule has 29 heavy (non-hydrogen) atoms. The van der Waals surface area contributed by atoms with Crippen LogP contribution >= 0.6 is 0 Å². The molecule has 4 aliphatic rings. The topological polar surface area (TPSA) is 55.8 Å². The number of rotatable bonds is 5. The van der Waals surface area contributed by atoms with Gasteiger partial charge in [0.25, 0.3) is 0 Å². The third-order valence-electron chi connectivity index (χ3n) is 7.03. The smallest absolute Gasteiger partial charge is 0.224 e. The Morgan fingerprint density at radius 2 is 1.59 bits per heavy atom. The zero-order valence-electron chi connectivity index (χ0n) is 16.8. The Balaban J connectivity index is 1.40. The number of aliphatic hydroxyl groups is 1. The van der Waals surface area contributed by atoms with Gasteiger partial charge in [0.05, 0.1) is 13.0 Å². The lowest BCUT2D eigenvalue weighted by Crippen LogP contribution is -2.70. The number of hydrogen-bond donors (Lipinski definition) is 2. The molecule has 3 unspecified atom stereocenters. The highest BCUT2D eigenvalue weighted by atomic mass is 16.3. The molecule has 2 aromatic rings. The predicted octanol–water partition coefficient (Wildman–Crippen LogP) is 1.41. The van der Waals surface area contributed by atoms with E-state index in [1.54, 1.807) is 0 Å². The van der Waals surface area contributed by atoms with Crippen molar-refractivity contribution < 1.29 is 9.90 Å². The van der Waals surface area contributed by atoms with Gasteiger partial charge < -0.3 is 20.2 Å². The Morgan fingerprint density at radius 1 is 0.966 bits per heavy atom. The second-order valence-electron chi connectivity index (χ2n) is 8.95. The summed E-state index contributed by atoms with van der Waals surface area (Å²) in [5, 5.41) is 12.7. The Kier molecular flexibility index (Phi) is 4.90. The Hall–Kier alpha value is -2.21. The Labute approximate surface area is 172 Å². The van der Waals surface area contributed by atoms with E-state index in [4.69, 9.17) is 0 Å². The van der Waals surface area contributed by atoms with Gasteiger partial charge in [-0.2, -0.15) is 0 Å². The van der Waals surface area contributed by atoms with E-state index in [-0.39, 0.29) is 24.0 Å². The van der Waals surface area contributed by atoms with Crippen molar-refractivity contribution in [3.05, 3.63) is 71.3 Å². The maximum atomic E-state index is 13.0. The first kappa shape index (κ1) is 18.8. The van der Waals surface area contributed by atoms with Crippen molar-refractivity contribution in [3.63, 3.8) is 0 Å². The number of benzene rings is 2. The minimum Gasteiger partial charge on any atom is -0.392 e. The fraction of sp³-hybridized carbons (Fsp3) is 0.458. The van der Waals surface area contributed by atoms with Crippen molar-refractivity contribution in [3.8, 4) is 0 Å². The molecule has 0 aliphatic carbocycles. The first-order valence-electron chi connectivity index (χ1n) is 10.6. The maximum absolute atomic E-state index is 13.0. The van der Waals surface area contributed by atoms with Crippen LogP contribution in [0.4, 0.5) is 0 Å². The number of amides is 1. The summed E-state index contributed by atoms with van der Waals surface area (Å²) >= 11 is 0. The Morgan fingerprint density at radius 3 is 2.21 bits per heavy atom. The molecule has 2 N–H and O–H groups in total. The minimum atomic E-state index is -0.0463. The van der Waals surface area contributed by atoms with Crippen LogP contribution in [0.3, 0.4) is 0 Å². The van der Waals surface area contributed by atoms with E-state index in [0.717, 1.165) is 50.4 Å². The number of nitrogens with zero attached hydrogens (tertiary/aromatic N) is 2. The lowest BCUT2D eigenvalue weighted by molar-refractivity contribution is -0.123. The average molecular weight is 392 g/mol. The van der Waals surface area contributed by atoms with Gasteiger partial charge in [-0.1, -0.05) is 54.6 Å². The molecule has 1 amide bonds. The summed E-state index contributed by atoms with van der Waals surface area (Å²) in [6, 6.07) is 18.6. The fourth-order valence-electron chi connectivity index (χ4n) is 5.74. The molecule has 0 saturated carbocycles. The molecule has 5 heteroatoms. The minimum absolute atomic E-state index is 0.0306. The number of piperidine rings is 2. The van der Waals surface area contributed by atoms with Gasteiger partial charge >= 0.3 is 0 Å². The van der Waals surface area contributed by atoms with Crippen LogP contribution in [-0.4, -0.2) is 66.1 Å². The molecule has 4 heterocycles. The van der Waals surface area contributed by atoms with Crippen LogP contribution in [0.5, 0.6) is 0 Å². The molecule has 4 bridgehead atoms. The molecular formula is C24H29N3O2. The number of nitrogens with one attached hydrogen (secondary N) is 1. The number of carbonyl (C=O) groups is 1. The summed E-state index contributed by atoms with van der Waals surface area (Å²) in [6.07, 6.45) is 0.382. The monoisotopic (exact) mass is 391 g/mol. The van der Waals surface area contributed by atoms with Crippen LogP contribution in [0.25, 0.3) is 0 Å². The van der Waals surface area contributed by atoms with Crippen molar-refractivity contribution in [1.82, 2.24) is 15.1 Å². The van der Waals surface area contributed by atoms with Crippen LogP contribution in [0.15, 0.2) is 54.6 Å². The first-order chi connectivity index (χ1) is 14.2. The number of hydrogen-bond acceptors (Lipinski definition) is 4. The zero-order chi connectivity index (χ0) is 19.8. The van der Waals surface area contributed by atoms with Crippen molar-refractivity contribution in [1.29, 1.82) is 0 Å². The van der Waals surface area contributed by atoms with Crippen molar-refractivity contribution in [2.24, 2.45) is 5.92 Å². The van der Waals surface area contributed by atoms with Gasteiger partial charge in [0.1, 0.15) is 0 Å². The highest BCUT2D eigenvalue weighted by molar-refractivity contribution is 5.79. The summed E-state index contributed by atoms with van der Waals surface area (Å²) in [7, 11) is 0. The van der Waals surface area contributed by atoms with E-state index in [1.165, 1.54) is 5.56 Å². The molecule has 0 spiro atoms. The van der Waals surface area contributed by atoms with E-state index >= 15 is 0 Å². The summed E-state index contributed by atoms with van der Waals surface area (Å²) in [5.41, 5.74) is 3.16. The molecule has 6 rings (SSSR count). The average Bonchev–Trinajstić information content (AvgIpc) is 3.00. The van der Waals surface area contributed by atoms with Gasteiger partial charge in [-0.25, -0.2) is 0 Å². The lowest BCUT2D eigenvalue weighted by Gasteiger charge is -2.55. The van der Waals surface area contributed by atoms with Gasteiger partial charge in [-0.05, 0) is 16.7 Å². The third kappa shape index (κ3) is 3.48. The van der Waals surface area contributed by atoms with Crippen molar-refractivity contribution >= 4 is 5.91 Å².